The van der Waals surface area contributed by atoms with Crippen LogP contribution >= 0.6 is 11.8 Å². The second kappa shape index (κ2) is 7.27. The van der Waals surface area contributed by atoms with E-state index < -0.39 is 4.87 Å². The normalized spacial score (nSPS) is 20.9. The van der Waals surface area contributed by atoms with Gasteiger partial charge in [0.05, 0.1) is 12.4 Å². The number of ether oxygens (including phenoxy) is 1. The molecule has 1 unspecified atom stereocenters. The van der Waals surface area contributed by atoms with Crippen molar-refractivity contribution in [2.24, 2.45) is 0 Å². The van der Waals surface area contributed by atoms with Crippen LogP contribution in [0.2, 0.25) is 0 Å². The summed E-state index contributed by atoms with van der Waals surface area (Å²) in [5.41, 5.74) is 2.31. The van der Waals surface area contributed by atoms with Crippen molar-refractivity contribution in [3.8, 4) is 5.75 Å². The molecule has 2 aliphatic heterocycles. The predicted molar refractivity (Wildman–Crippen MR) is 108 cm³/mol. The Bertz CT molecular complexity index is 868. The summed E-state index contributed by atoms with van der Waals surface area (Å²) in [7, 11) is 0. The molecule has 1 spiro atoms. The van der Waals surface area contributed by atoms with Crippen molar-refractivity contribution in [1.29, 1.82) is 0 Å². The Kier molecular flexibility index (Phi) is 4.83. The molecule has 6 heteroatoms. The van der Waals surface area contributed by atoms with E-state index in [4.69, 9.17) is 4.74 Å². The number of nitrogens with one attached hydrogen (secondary N) is 1. The fourth-order valence-corrected chi connectivity index (χ4v) is 4.93. The Morgan fingerprint density at radius 1 is 1.11 bits per heavy atom. The van der Waals surface area contributed by atoms with Crippen LogP contribution in [-0.4, -0.2) is 24.2 Å². The summed E-state index contributed by atoms with van der Waals surface area (Å²) in [4.78, 5) is 26.2. The van der Waals surface area contributed by atoms with Gasteiger partial charge in [-0.2, -0.15) is 0 Å². The maximum Gasteiger partial charge on any atom is 0.266 e. The van der Waals surface area contributed by atoms with E-state index in [0.717, 1.165) is 36.3 Å². The first kappa shape index (κ1) is 17.9. The van der Waals surface area contributed by atoms with Gasteiger partial charge in [0.1, 0.15) is 5.75 Å². The van der Waals surface area contributed by atoms with Crippen LogP contribution in [-0.2, 0) is 14.5 Å². The first-order valence-electron chi connectivity index (χ1n) is 9.27. The summed E-state index contributed by atoms with van der Waals surface area (Å²) in [5, 5.41) is 2.92. The summed E-state index contributed by atoms with van der Waals surface area (Å²) >= 11 is 1.37. The van der Waals surface area contributed by atoms with Crippen LogP contribution in [0.25, 0.3) is 0 Å². The van der Waals surface area contributed by atoms with Crippen LogP contribution in [0.15, 0.2) is 48.5 Å². The number of para-hydroxylation sites is 1. The Hall–Kier alpha value is -2.47. The lowest BCUT2D eigenvalue weighted by molar-refractivity contribution is -0.122. The third kappa shape index (κ3) is 2.98. The smallest absolute Gasteiger partial charge is 0.266 e. The molecule has 2 aliphatic rings. The number of carbonyl (C=O) groups is 2. The molecule has 0 aromatic heterocycles. The number of benzene rings is 2. The van der Waals surface area contributed by atoms with Crippen LogP contribution in [0.1, 0.15) is 31.7 Å². The van der Waals surface area contributed by atoms with Crippen LogP contribution < -0.4 is 15.0 Å². The monoisotopic (exact) mass is 382 g/mol. The average molecular weight is 382 g/mol. The van der Waals surface area contributed by atoms with Crippen molar-refractivity contribution >= 4 is 35.0 Å². The number of thioether (sulfide) groups is 1. The molecule has 0 radical (unpaired) electrons. The highest BCUT2D eigenvalue weighted by molar-refractivity contribution is 8.02. The van der Waals surface area contributed by atoms with E-state index in [-0.39, 0.29) is 17.6 Å². The predicted octanol–water partition coefficient (Wildman–Crippen LogP) is 4.14. The zero-order valence-electron chi connectivity index (χ0n) is 15.2. The van der Waals surface area contributed by atoms with Crippen molar-refractivity contribution in [3.63, 3.8) is 0 Å². The van der Waals surface area contributed by atoms with Crippen molar-refractivity contribution in [1.82, 2.24) is 0 Å². The third-order valence-corrected chi connectivity index (χ3v) is 6.33. The molecule has 0 bridgehead atoms. The number of amides is 2. The van der Waals surface area contributed by atoms with E-state index in [1.807, 2.05) is 48.5 Å². The SMILES string of the molecule is CCCCCOc1ccc(N2C(=O)CSC23C(=O)Nc2ccccc23)cc1. The topological polar surface area (TPSA) is 58.6 Å². The standard InChI is InChI=1S/C21H22N2O3S/c1-2-3-6-13-26-16-11-9-15(10-12-16)23-19(24)14-27-21(23)17-7-4-5-8-18(17)22-20(21)25/h4-5,7-12H,2-3,6,13-14H2,1H3,(H,22,25). The maximum atomic E-state index is 12.9. The summed E-state index contributed by atoms with van der Waals surface area (Å²) in [6, 6.07) is 15.0. The lowest BCUT2D eigenvalue weighted by atomic mass is 10.0. The maximum absolute atomic E-state index is 12.9. The minimum absolute atomic E-state index is 0.0662. The number of nitrogens with zero attached hydrogens (tertiary/aromatic N) is 1. The molecule has 1 N–H and O–H groups in total. The van der Waals surface area contributed by atoms with Crippen LogP contribution in [0, 0.1) is 0 Å². The Morgan fingerprint density at radius 3 is 2.67 bits per heavy atom. The fourth-order valence-electron chi connectivity index (χ4n) is 3.61. The van der Waals surface area contributed by atoms with Gasteiger partial charge in [0.15, 0.2) is 0 Å². The largest absolute Gasteiger partial charge is 0.494 e. The molecule has 2 amide bonds. The third-order valence-electron chi connectivity index (χ3n) is 4.93. The molecular formula is C21H22N2O3S. The van der Waals surface area contributed by atoms with E-state index in [1.165, 1.54) is 11.8 Å². The number of rotatable bonds is 6. The molecule has 4 rings (SSSR count). The van der Waals surface area contributed by atoms with E-state index in [1.54, 1.807) is 4.90 Å². The molecule has 27 heavy (non-hydrogen) atoms. The van der Waals surface area contributed by atoms with Gasteiger partial charge in [0, 0.05) is 16.9 Å². The van der Waals surface area contributed by atoms with Crippen molar-refractivity contribution in [2.45, 2.75) is 31.1 Å². The number of carbonyl (C=O) groups excluding carboxylic acids is 2. The minimum Gasteiger partial charge on any atom is -0.494 e. The molecule has 1 atom stereocenters. The zero-order valence-corrected chi connectivity index (χ0v) is 16.1. The van der Waals surface area contributed by atoms with Gasteiger partial charge >= 0.3 is 0 Å². The number of anilines is 2. The second-order valence-electron chi connectivity index (χ2n) is 6.71. The highest BCUT2D eigenvalue weighted by atomic mass is 32.2. The lowest BCUT2D eigenvalue weighted by Crippen LogP contribution is -2.47. The van der Waals surface area contributed by atoms with E-state index in [9.17, 15) is 9.59 Å². The van der Waals surface area contributed by atoms with Crippen LogP contribution in [0.4, 0.5) is 11.4 Å². The van der Waals surface area contributed by atoms with Crippen molar-refractivity contribution in [2.75, 3.05) is 22.6 Å². The number of hydrogen-bond acceptors (Lipinski definition) is 4. The van der Waals surface area contributed by atoms with Crippen LogP contribution in [0.3, 0.4) is 0 Å². The van der Waals surface area contributed by atoms with Gasteiger partial charge in [0.2, 0.25) is 10.8 Å². The first-order chi connectivity index (χ1) is 13.2. The van der Waals surface area contributed by atoms with Crippen molar-refractivity contribution < 1.29 is 14.3 Å². The summed E-state index contributed by atoms with van der Waals surface area (Å²) < 4.78 is 5.76. The molecule has 2 aromatic rings. The van der Waals surface area contributed by atoms with Crippen LogP contribution in [0.5, 0.6) is 5.75 Å². The zero-order chi connectivity index (χ0) is 18.9. The highest BCUT2D eigenvalue weighted by Gasteiger charge is 2.58. The summed E-state index contributed by atoms with van der Waals surface area (Å²) in [5.74, 6) is 0.819. The Balaban J connectivity index is 1.62. The number of hydrogen-bond donors (Lipinski definition) is 1. The van der Waals surface area contributed by atoms with Gasteiger partial charge in [-0.3, -0.25) is 14.5 Å². The van der Waals surface area contributed by atoms with Gasteiger partial charge in [0.25, 0.3) is 5.91 Å². The molecule has 2 aromatic carbocycles. The number of unbranched alkanes of at least 4 members (excludes halogenated alkanes) is 2. The first-order valence-corrected chi connectivity index (χ1v) is 10.3. The molecule has 1 fully saturated rings. The van der Waals surface area contributed by atoms with Crippen molar-refractivity contribution in [3.05, 3.63) is 54.1 Å². The van der Waals surface area contributed by atoms with Gasteiger partial charge < -0.3 is 10.1 Å². The van der Waals surface area contributed by atoms with E-state index >= 15 is 0 Å². The summed E-state index contributed by atoms with van der Waals surface area (Å²) in [6.45, 7) is 2.85. The number of fused-ring (bicyclic) bond motifs is 2. The van der Waals surface area contributed by atoms with E-state index in [0.29, 0.717) is 12.3 Å². The molecule has 0 saturated carbocycles. The highest BCUT2D eigenvalue weighted by Crippen LogP contribution is 2.53. The van der Waals surface area contributed by atoms with E-state index in [2.05, 4.69) is 12.2 Å². The fraction of sp³-hybridized carbons (Fsp3) is 0.333. The molecule has 1 saturated heterocycles. The Morgan fingerprint density at radius 2 is 1.89 bits per heavy atom. The molecule has 2 heterocycles. The molecular weight excluding hydrogens is 360 g/mol. The van der Waals surface area contributed by atoms with Gasteiger partial charge in [-0.15, -0.1) is 11.8 Å². The van der Waals surface area contributed by atoms with Gasteiger partial charge in [-0.1, -0.05) is 38.0 Å². The summed E-state index contributed by atoms with van der Waals surface area (Å²) in [6.07, 6.45) is 3.33. The molecule has 0 aliphatic carbocycles. The Labute approximate surface area is 163 Å². The molecule has 5 nitrogen and oxygen atoms in total. The van der Waals surface area contributed by atoms with Gasteiger partial charge in [-0.05, 0) is 36.8 Å². The average Bonchev–Trinajstić information content (AvgIpc) is 3.18. The molecule has 140 valence electrons. The second-order valence-corrected chi connectivity index (χ2v) is 7.88. The lowest BCUT2D eigenvalue weighted by Gasteiger charge is -2.32. The quantitative estimate of drug-likeness (QED) is 0.763. The van der Waals surface area contributed by atoms with Gasteiger partial charge in [-0.25, -0.2) is 0 Å². The minimum atomic E-state index is -1.03.